The van der Waals surface area contributed by atoms with Crippen molar-refractivity contribution in [2.75, 3.05) is 7.05 Å². The van der Waals surface area contributed by atoms with E-state index < -0.39 is 17.8 Å². The fourth-order valence-electron chi connectivity index (χ4n) is 1.73. The zero-order valence-corrected chi connectivity index (χ0v) is 10.2. The predicted molar refractivity (Wildman–Crippen MR) is 65.6 cm³/mol. The maximum absolute atomic E-state index is 13.6. The van der Waals surface area contributed by atoms with Gasteiger partial charge >= 0.3 is 0 Å². The Morgan fingerprint density at radius 2 is 2.11 bits per heavy atom. The first kappa shape index (κ1) is 12.8. The molecule has 1 heterocycles. The van der Waals surface area contributed by atoms with Crippen molar-refractivity contribution in [3.05, 3.63) is 59.8 Å². The van der Waals surface area contributed by atoms with Crippen molar-refractivity contribution in [2.45, 2.75) is 6.04 Å². The molecule has 1 atom stereocenters. The number of amides is 1. The first-order valence-corrected chi connectivity index (χ1v) is 5.60. The van der Waals surface area contributed by atoms with E-state index in [1.165, 1.54) is 31.5 Å². The second-order valence-electron chi connectivity index (χ2n) is 3.94. The molecular weight excluding hydrogens is 247 g/mol. The normalized spacial score (nSPS) is 11.6. The van der Waals surface area contributed by atoms with Gasteiger partial charge in [0, 0.05) is 7.05 Å². The average Bonchev–Trinajstić information content (AvgIpc) is 2.93. The molecule has 1 amide bonds. The Bertz CT molecular complexity index is 617. The molecule has 5 heteroatoms. The number of hydrogen-bond donors (Lipinski definition) is 0. The van der Waals surface area contributed by atoms with Gasteiger partial charge in [-0.05, 0) is 24.3 Å². The van der Waals surface area contributed by atoms with Crippen molar-refractivity contribution in [1.82, 2.24) is 4.90 Å². The summed E-state index contributed by atoms with van der Waals surface area (Å²) >= 11 is 0. The minimum absolute atomic E-state index is 0.0724. The van der Waals surface area contributed by atoms with Gasteiger partial charge in [0.1, 0.15) is 11.6 Å². The van der Waals surface area contributed by atoms with Gasteiger partial charge in [0.25, 0.3) is 5.91 Å². The van der Waals surface area contributed by atoms with E-state index in [1.54, 1.807) is 18.2 Å². The molecule has 1 aromatic heterocycles. The van der Waals surface area contributed by atoms with Crippen LogP contribution in [0.15, 0.2) is 47.1 Å². The molecule has 0 aliphatic rings. The van der Waals surface area contributed by atoms with Gasteiger partial charge in [0.05, 0.1) is 17.9 Å². The van der Waals surface area contributed by atoms with Crippen LogP contribution in [0, 0.1) is 17.1 Å². The van der Waals surface area contributed by atoms with Crippen molar-refractivity contribution in [1.29, 1.82) is 5.26 Å². The molecule has 19 heavy (non-hydrogen) atoms. The standard InChI is InChI=1S/C14H11FN2O2/c1-17(12(9-16)13-7-4-8-19-13)14(18)10-5-2-3-6-11(10)15/h2-8,12H,1H3. The molecule has 0 radical (unpaired) electrons. The summed E-state index contributed by atoms with van der Waals surface area (Å²) < 4.78 is 18.7. The number of nitriles is 1. The highest BCUT2D eigenvalue weighted by Crippen LogP contribution is 2.21. The first-order chi connectivity index (χ1) is 9.15. The van der Waals surface area contributed by atoms with Crippen molar-refractivity contribution < 1.29 is 13.6 Å². The lowest BCUT2D eigenvalue weighted by molar-refractivity contribution is 0.0746. The minimum Gasteiger partial charge on any atom is -0.466 e. The average molecular weight is 258 g/mol. The molecule has 4 nitrogen and oxygen atoms in total. The van der Waals surface area contributed by atoms with Crippen LogP contribution in [0.4, 0.5) is 4.39 Å². The Labute approximate surface area is 109 Å². The number of nitrogens with zero attached hydrogens (tertiary/aromatic N) is 2. The van der Waals surface area contributed by atoms with Crippen LogP contribution in [-0.4, -0.2) is 17.9 Å². The second-order valence-corrected chi connectivity index (χ2v) is 3.94. The molecule has 1 unspecified atom stereocenters. The van der Waals surface area contributed by atoms with Crippen LogP contribution in [-0.2, 0) is 0 Å². The molecule has 2 rings (SSSR count). The molecule has 0 N–H and O–H groups in total. The van der Waals surface area contributed by atoms with Crippen LogP contribution >= 0.6 is 0 Å². The molecule has 0 spiro atoms. The number of carbonyl (C=O) groups excluding carboxylic acids is 1. The first-order valence-electron chi connectivity index (χ1n) is 5.60. The Balaban J connectivity index is 2.29. The quantitative estimate of drug-likeness (QED) is 0.850. The molecule has 0 saturated carbocycles. The molecule has 0 aliphatic heterocycles. The summed E-state index contributed by atoms with van der Waals surface area (Å²) in [5.41, 5.74) is -0.0724. The Kier molecular flexibility index (Phi) is 3.62. The van der Waals surface area contributed by atoms with Gasteiger partial charge in [-0.1, -0.05) is 12.1 Å². The molecule has 0 aliphatic carbocycles. The summed E-state index contributed by atoms with van der Waals surface area (Å²) in [4.78, 5) is 13.3. The van der Waals surface area contributed by atoms with Crippen LogP contribution in [0.1, 0.15) is 22.2 Å². The van der Waals surface area contributed by atoms with Gasteiger partial charge in [0.2, 0.25) is 0 Å². The highest BCUT2D eigenvalue weighted by Gasteiger charge is 2.25. The van der Waals surface area contributed by atoms with Gasteiger partial charge in [-0.15, -0.1) is 0 Å². The van der Waals surface area contributed by atoms with E-state index >= 15 is 0 Å². The third-order valence-electron chi connectivity index (χ3n) is 2.75. The van der Waals surface area contributed by atoms with Crippen molar-refractivity contribution in [2.24, 2.45) is 0 Å². The molecule has 0 bridgehead atoms. The number of rotatable bonds is 3. The molecule has 96 valence electrons. The number of benzene rings is 1. The van der Waals surface area contributed by atoms with Gasteiger partial charge in [-0.3, -0.25) is 4.79 Å². The molecule has 0 saturated heterocycles. The fraction of sp³-hybridized carbons (Fsp3) is 0.143. The lowest BCUT2D eigenvalue weighted by Gasteiger charge is -2.21. The maximum Gasteiger partial charge on any atom is 0.257 e. The largest absolute Gasteiger partial charge is 0.466 e. The Morgan fingerprint density at radius 3 is 2.68 bits per heavy atom. The highest BCUT2D eigenvalue weighted by atomic mass is 19.1. The predicted octanol–water partition coefficient (Wildman–Crippen LogP) is 2.76. The van der Waals surface area contributed by atoms with Gasteiger partial charge in [0.15, 0.2) is 6.04 Å². The smallest absolute Gasteiger partial charge is 0.257 e. The summed E-state index contributed by atoms with van der Waals surface area (Å²) in [5, 5.41) is 9.14. The summed E-state index contributed by atoms with van der Waals surface area (Å²) in [7, 11) is 1.44. The SMILES string of the molecule is CN(C(=O)c1ccccc1F)C(C#N)c1ccco1. The van der Waals surface area contributed by atoms with Crippen molar-refractivity contribution in [3.63, 3.8) is 0 Å². The summed E-state index contributed by atoms with van der Waals surface area (Å²) in [6.45, 7) is 0. The van der Waals surface area contributed by atoms with Crippen LogP contribution in [0.5, 0.6) is 0 Å². The van der Waals surface area contributed by atoms with Gasteiger partial charge in [-0.2, -0.15) is 5.26 Å². The molecular formula is C14H11FN2O2. The van der Waals surface area contributed by atoms with E-state index in [2.05, 4.69) is 0 Å². The summed E-state index contributed by atoms with van der Waals surface area (Å²) in [5.74, 6) is -0.841. The second kappa shape index (κ2) is 5.36. The van der Waals surface area contributed by atoms with E-state index in [0.717, 1.165) is 4.90 Å². The molecule has 1 aromatic carbocycles. The van der Waals surface area contributed by atoms with E-state index in [-0.39, 0.29) is 5.56 Å². The third kappa shape index (κ3) is 2.47. The van der Waals surface area contributed by atoms with Crippen LogP contribution in [0.25, 0.3) is 0 Å². The number of hydrogen-bond acceptors (Lipinski definition) is 3. The maximum atomic E-state index is 13.6. The Morgan fingerprint density at radius 1 is 1.37 bits per heavy atom. The zero-order chi connectivity index (χ0) is 13.8. The number of carbonyl (C=O) groups is 1. The van der Waals surface area contributed by atoms with Crippen LogP contribution in [0.3, 0.4) is 0 Å². The monoisotopic (exact) mass is 258 g/mol. The minimum atomic E-state index is -0.887. The van der Waals surface area contributed by atoms with Crippen molar-refractivity contribution >= 4 is 5.91 Å². The highest BCUT2D eigenvalue weighted by molar-refractivity contribution is 5.94. The summed E-state index contributed by atoms with van der Waals surface area (Å²) in [6, 6.07) is 9.95. The van der Waals surface area contributed by atoms with E-state index in [1.807, 2.05) is 6.07 Å². The number of furan rings is 1. The fourth-order valence-corrected chi connectivity index (χ4v) is 1.73. The summed E-state index contributed by atoms with van der Waals surface area (Å²) in [6.07, 6.45) is 1.42. The topological polar surface area (TPSA) is 57.2 Å². The van der Waals surface area contributed by atoms with Gasteiger partial charge < -0.3 is 9.32 Å². The van der Waals surface area contributed by atoms with Gasteiger partial charge in [-0.25, -0.2) is 4.39 Å². The van der Waals surface area contributed by atoms with E-state index in [4.69, 9.17) is 9.68 Å². The van der Waals surface area contributed by atoms with Crippen LogP contribution in [0.2, 0.25) is 0 Å². The molecule has 0 fully saturated rings. The van der Waals surface area contributed by atoms with E-state index in [0.29, 0.717) is 5.76 Å². The zero-order valence-electron chi connectivity index (χ0n) is 10.2. The number of halogens is 1. The van der Waals surface area contributed by atoms with Crippen LogP contribution < -0.4 is 0 Å². The lowest BCUT2D eigenvalue weighted by Crippen LogP contribution is -2.30. The lowest BCUT2D eigenvalue weighted by atomic mass is 10.1. The molecule has 2 aromatic rings. The third-order valence-corrected chi connectivity index (χ3v) is 2.75. The Hall–Kier alpha value is -2.61. The van der Waals surface area contributed by atoms with E-state index in [9.17, 15) is 9.18 Å². The van der Waals surface area contributed by atoms with Crippen molar-refractivity contribution in [3.8, 4) is 6.07 Å².